The maximum atomic E-state index is 12.7. The van der Waals surface area contributed by atoms with Crippen LogP contribution in [-0.2, 0) is 14.8 Å². The Balaban J connectivity index is 1.34. The number of anilines is 1. The van der Waals surface area contributed by atoms with E-state index in [2.05, 4.69) is 5.32 Å². The lowest BCUT2D eigenvalue weighted by atomic mass is 10.2. The number of amides is 1. The molecule has 2 aliphatic rings. The van der Waals surface area contributed by atoms with Crippen molar-refractivity contribution >= 4 is 33.0 Å². The molecule has 0 spiro atoms. The lowest BCUT2D eigenvalue weighted by molar-refractivity contribution is -0.121. The summed E-state index contributed by atoms with van der Waals surface area (Å²) in [5, 5.41) is 4.66. The third-order valence-electron chi connectivity index (χ3n) is 5.10. The number of rotatable bonds is 5. The Morgan fingerprint density at radius 1 is 1.10 bits per heavy atom. The quantitative estimate of drug-likeness (QED) is 0.768. The molecule has 1 aromatic heterocycles. The molecule has 2 aliphatic heterocycles. The van der Waals surface area contributed by atoms with Crippen LogP contribution in [0.5, 0.6) is 11.5 Å². The molecule has 1 aromatic carbocycles. The first-order valence-electron chi connectivity index (χ1n) is 9.43. The van der Waals surface area contributed by atoms with Gasteiger partial charge in [0.15, 0.2) is 11.5 Å². The molecule has 0 saturated carbocycles. The van der Waals surface area contributed by atoms with Crippen molar-refractivity contribution < 1.29 is 22.7 Å². The van der Waals surface area contributed by atoms with Gasteiger partial charge in [-0.3, -0.25) is 9.69 Å². The Kier molecular flexibility index (Phi) is 5.77. The van der Waals surface area contributed by atoms with Gasteiger partial charge in [0.2, 0.25) is 5.91 Å². The second-order valence-corrected chi connectivity index (χ2v) is 10.0. The van der Waals surface area contributed by atoms with Crippen LogP contribution in [0.2, 0.25) is 0 Å². The lowest BCUT2D eigenvalue weighted by Crippen LogP contribution is -2.53. The number of hydrogen-bond donors (Lipinski definition) is 1. The van der Waals surface area contributed by atoms with Crippen molar-refractivity contribution in [1.82, 2.24) is 9.21 Å². The van der Waals surface area contributed by atoms with Gasteiger partial charge in [-0.25, -0.2) is 8.42 Å². The number of benzene rings is 1. The number of nitrogens with one attached hydrogen (secondary N) is 1. The van der Waals surface area contributed by atoms with Crippen LogP contribution in [0.4, 0.5) is 5.69 Å². The normalized spacial score (nSPS) is 18.9. The second kappa shape index (κ2) is 8.31. The molecule has 29 heavy (non-hydrogen) atoms. The van der Waals surface area contributed by atoms with E-state index in [1.165, 1.54) is 15.6 Å². The summed E-state index contributed by atoms with van der Waals surface area (Å²) in [4.78, 5) is 14.7. The largest absolute Gasteiger partial charge is 0.486 e. The molecule has 1 fully saturated rings. The monoisotopic (exact) mass is 437 g/mol. The number of ether oxygens (including phenoxy) is 2. The van der Waals surface area contributed by atoms with E-state index in [1.54, 1.807) is 35.7 Å². The molecule has 1 amide bonds. The SMILES string of the molecule is C[C@@H](C(=O)Nc1ccc2c(c1)OCCO2)N1CCN(S(=O)(=O)c2cccs2)CC1. The molecule has 1 N–H and O–H groups in total. The third-order valence-corrected chi connectivity index (χ3v) is 8.37. The Hall–Kier alpha value is -2.14. The molecule has 156 valence electrons. The summed E-state index contributed by atoms with van der Waals surface area (Å²) in [6.45, 7) is 4.56. The molecular formula is C19H23N3O5S2. The van der Waals surface area contributed by atoms with E-state index >= 15 is 0 Å². The van der Waals surface area contributed by atoms with Gasteiger partial charge in [0, 0.05) is 37.9 Å². The van der Waals surface area contributed by atoms with Crippen LogP contribution in [-0.4, -0.2) is 69.0 Å². The first kappa shape index (κ1) is 20.1. The number of carbonyl (C=O) groups excluding carboxylic acids is 1. The number of piperazine rings is 1. The van der Waals surface area contributed by atoms with Crippen molar-refractivity contribution in [2.24, 2.45) is 0 Å². The summed E-state index contributed by atoms with van der Waals surface area (Å²) in [6, 6.07) is 8.29. The predicted octanol–water partition coefficient (Wildman–Crippen LogP) is 1.85. The molecule has 1 saturated heterocycles. The molecule has 0 bridgehead atoms. The van der Waals surface area contributed by atoms with Gasteiger partial charge in [0.05, 0.1) is 6.04 Å². The zero-order valence-corrected chi connectivity index (χ0v) is 17.7. The summed E-state index contributed by atoms with van der Waals surface area (Å²) >= 11 is 1.22. The minimum atomic E-state index is -3.45. The number of sulfonamides is 1. The molecule has 3 heterocycles. The first-order valence-corrected chi connectivity index (χ1v) is 11.8. The van der Waals surface area contributed by atoms with Crippen LogP contribution in [0.25, 0.3) is 0 Å². The van der Waals surface area contributed by atoms with E-state index in [9.17, 15) is 13.2 Å². The molecular weight excluding hydrogens is 414 g/mol. The van der Waals surface area contributed by atoms with E-state index in [1.807, 2.05) is 11.8 Å². The number of nitrogens with zero attached hydrogens (tertiary/aromatic N) is 2. The van der Waals surface area contributed by atoms with E-state index in [0.717, 1.165) is 0 Å². The Morgan fingerprint density at radius 2 is 1.83 bits per heavy atom. The van der Waals surface area contributed by atoms with Crippen LogP contribution in [0.1, 0.15) is 6.92 Å². The number of carbonyl (C=O) groups is 1. The highest BCUT2D eigenvalue weighted by Gasteiger charge is 2.32. The second-order valence-electron chi connectivity index (χ2n) is 6.90. The standard InChI is InChI=1S/C19H23N3O5S2/c1-14(19(23)20-15-4-5-16-17(13-15)27-11-10-26-16)21-6-8-22(9-7-21)29(24,25)18-3-2-12-28-18/h2-5,12-14H,6-11H2,1H3,(H,20,23)/t14-/m0/s1. The van der Waals surface area contributed by atoms with Crippen molar-refractivity contribution in [3.05, 3.63) is 35.7 Å². The molecule has 0 radical (unpaired) electrons. The Labute approximate surface area is 174 Å². The Bertz CT molecular complexity index is 970. The van der Waals surface area contributed by atoms with Crippen molar-refractivity contribution in [3.63, 3.8) is 0 Å². The Morgan fingerprint density at radius 3 is 2.52 bits per heavy atom. The highest BCUT2D eigenvalue weighted by Crippen LogP contribution is 2.32. The summed E-state index contributed by atoms with van der Waals surface area (Å²) in [5.41, 5.74) is 0.644. The van der Waals surface area contributed by atoms with E-state index in [0.29, 0.717) is 60.8 Å². The fraction of sp³-hybridized carbons (Fsp3) is 0.421. The molecule has 2 aromatic rings. The fourth-order valence-electron chi connectivity index (χ4n) is 3.40. The minimum Gasteiger partial charge on any atom is -0.486 e. The summed E-state index contributed by atoms with van der Waals surface area (Å²) in [6.07, 6.45) is 0. The van der Waals surface area contributed by atoms with Crippen LogP contribution in [0, 0.1) is 0 Å². The highest BCUT2D eigenvalue weighted by molar-refractivity contribution is 7.91. The highest BCUT2D eigenvalue weighted by atomic mass is 32.2. The van der Waals surface area contributed by atoms with Crippen molar-refractivity contribution in [3.8, 4) is 11.5 Å². The molecule has 10 heteroatoms. The molecule has 1 atom stereocenters. The average Bonchev–Trinajstić information content (AvgIpc) is 3.29. The van der Waals surface area contributed by atoms with Crippen molar-refractivity contribution in [2.75, 3.05) is 44.7 Å². The van der Waals surface area contributed by atoms with E-state index in [-0.39, 0.29) is 11.9 Å². The van der Waals surface area contributed by atoms with Gasteiger partial charge in [0.25, 0.3) is 10.0 Å². The molecule has 0 aliphatic carbocycles. The topological polar surface area (TPSA) is 88.2 Å². The minimum absolute atomic E-state index is 0.142. The van der Waals surface area contributed by atoms with Crippen LogP contribution in [0.3, 0.4) is 0 Å². The predicted molar refractivity (Wildman–Crippen MR) is 110 cm³/mol. The molecule has 8 nitrogen and oxygen atoms in total. The molecule has 0 unspecified atom stereocenters. The van der Waals surface area contributed by atoms with Gasteiger partial charge in [-0.1, -0.05) is 6.07 Å². The van der Waals surface area contributed by atoms with Crippen LogP contribution < -0.4 is 14.8 Å². The number of thiophene rings is 1. The summed E-state index contributed by atoms with van der Waals surface area (Å²) in [7, 11) is -3.45. The van der Waals surface area contributed by atoms with Crippen LogP contribution >= 0.6 is 11.3 Å². The maximum Gasteiger partial charge on any atom is 0.252 e. The molecule has 4 rings (SSSR count). The van der Waals surface area contributed by atoms with Gasteiger partial charge in [-0.15, -0.1) is 11.3 Å². The van der Waals surface area contributed by atoms with Gasteiger partial charge in [-0.2, -0.15) is 4.31 Å². The average molecular weight is 438 g/mol. The van der Waals surface area contributed by atoms with Crippen molar-refractivity contribution in [1.29, 1.82) is 0 Å². The van der Waals surface area contributed by atoms with Crippen molar-refractivity contribution in [2.45, 2.75) is 17.2 Å². The lowest BCUT2D eigenvalue weighted by Gasteiger charge is -2.36. The smallest absolute Gasteiger partial charge is 0.252 e. The fourth-order valence-corrected chi connectivity index (χ4v) is 5.97. The first-order chi connectivity index (χ1) is 13.9. The van der Waals surface area contributed by atoms with E-state index < -0.39 is 10.0 Å². The zero-order valence-electron chi connectivity index (χ0n) is 16.0. The third kappa shape index (κ3) is 4.25. The van der Waals surface area contributed by atoms with Gasteiger partial charge < -0.3 is 14.8 Å². The van der Waals surface area contributed by atoms with Gasteiger partial charge >= 0.3 is 0 Å². The summed E-state index contributed by atoms with van der Waals surface area (Å²) in [5.74, 6) is 1.15. The zero-order chi connectivity index (χ0) is 20.4. The number of fused-ring (bicyclic) bond motifs is 1. The van der Waals surface area contributed by atoms with Crippen LogP contribution in [0.15, 0.2) is 39.9 Å². The summed E-state index contributed by atoms with van der Waals surface area (Å²) < 4.78 is 38.2. The van der Waals surface area contributed by atoms with Gasteiger partial charge in [0.1, 0.15) is 17.4 Å². The number of hydrogen-bond acceptors (Lipinski definition) is 7. The van der Waals surface area contributed by atoms with E-state index in [4.69, 9.17) is 9.47 Å². The van der Waals surface area contributed by atoms with Gasteiger partial charge in [-0.05, 0) is 30.5 Å². The maximum absolute atomic E-state index is 12.7.